The largest absolute Gasteiger partial charge is 0.277 e. The van der Waals surface area contributed by atoms with E-state index in [4.69, 9.17) is 0 Å². The Morgan fingerprint density at radius 1 is 0.871 bits per heavy atom. The smallest absolute Gasteiger partial charge is 0.257 e. The third-order valence-corrected chi connectivity index (χ3v) is 9.10. The van der Waals surface area contributed by atoms with Gasteiger partial charge in [0.1, 0.15) is 0 Å². The van der Waals surface area contributed by atoms with Gasteiger partial charge in [0.2, 0.25) is 5.91 Å². The standard InChI is InChI=1S/C25H30N2O3S/c1-17-3-7-21(8-4-17)24-12-19-11-20(13-24)15-25(14-19,16-24)23(28)26-27-31(29,30)22-9-5-18(2)6-10-22/h3-10,19-20,27H,11-16H2,1-2H3,(H,26,28)/t19-,20-,24?,25?/m1/s1. The molecule has 4 aliphatic rings. The molecule has 0 radical (unpaired) electrons. The molecule has 4 bridgehead atoms. The van der Waals surface area contributed by atoms with Gasteiger partial charge in [-0.1, -0.05) is 47.5 Å². The Morgan fingerprint density at radius 2 is 1.42 bits per heavy atom. The maximum atomic E-state index is 13.4. The Labute approximate surface area is 184 Å². The lowest BCUT2D eigenvalue weighted by Gasteiger charge is -2.61. The van der Waals surface area contributed by atoms with Crippen LogP contribution in [0.2, 0.25) is 0 Å². The van der Waals surface area contributed by atoms with Crippen molar-refractivity contribution in [3.8, 4) is 0 Å². The van der Waals surface area contributed by atoms with Crippen LogP contribution in [-0.4, -0.2) is 14.3 Å². The fourth-order valence-corrected chi connectivity index (χ4v) is 7.63. The molecule has 2 aromatic rings. The molecule has 2 aromatic carbocycles. The Bertz CT molecular complexity index is 1090. The van der Waals surface area contributed by atoms with Crippen LogP contribution in [0.5, 0.6) is 0 Å². The van der Waals surface area contributed by atoms with E-state index in [9.17, 15) is 13.2 Å². The molecule has 0 heterocycles. The van der Waals surface area contributed by atoms with Crippen molar-refractivity contribution in [2.24, 2.45) is 17.3 Å². The summed E-state index contributed by atoms with van der Waals surface area (Å²) in [6, 6.07) is 15.4. The normalized spacial score (nSPS) is 31.5. The molecule has 0 aromatic heterocycles. The number of sulfonamides is 1. The molecule has 164 valence electrons. The van der Waals surface area contributed by atoms with E-state index in [1.165, 1.54) is 17.5 Å². The quantitative estimate of drug-likeness (QED) is 0.689. The van der Waals surface area contributed by atoms with E-state index in [-0.39, 0.29) is 16.2 Å². The molecule has 31 heavy (non-hydrogen) atoms. The number of carbonyl (C=O) groups excluding carboxylic acids is 1. The number of hydrazine groups is 1. The second-order valence-electron chi connectivity index (χ2n) is 10.3. The van der Waals surface area contributed by atoms with Crippen LogP contribution < -0.4 is 10.3 Å². The average molecular weight is 439 g/mol. The number of benzene rings is 2. The van der Waals surface area contributed by atoms with Gasteiger partial charge in [0.15, 0.2) is 0 Å². The molecular weight excluding hydrogens is 408 g/mol. The highest BCUT2D eigenvalue weighted by molar-refractivity contribution is 7.89. The van der Waals surface area contributed by atoms with Crippen molar-refractivity contribution < 1.29 is 13.2 Å². The van der Waals surface area contributed by atoms with E-state index >= 15 is 0 Å². The Hall–Kier alpha value is -2.18. The lowest BCUT2D eigenvalue weighted by Crippen LogP contribution is -2.60. The summed E-state index contributed by atoms with van der Waals surface area (Å²) in [5.74, 6) is 0.887. The van der Waals surface area contributed by atoms with Crippen molar-refractivity contribution in [3.05, 3.63) is 65.2 Å². The summed E-state index contributed by atoms with van der Waals surface area (Å²) < 4.78 is 25.3. The maximum Gasteiger partial charge on any atom is 0.257 e. The summed E-state index contributed by atoms with van der Waals surface area (Å²) in [7, 11) is -3.80. The van der Waals surface area contributed by atoms with Crippen LogP contribution in [-0.2, 0) is 20.2 Å². The minimum atomic E-state index is -3.80. The third kappa shape index (κ3) is 3.60. The first-order valence-corrected chi connectivity index (χ1v) is 12.6. The van der Waals surface area contributed by atoms with Crippen LogP contribution in [0.15, 0.2) is 53.4 Å². The first-order valence-electron chi connectivity index (χ1n) is 11.2. The van der Waals surface area contributed by atoms with Gasteiger partial charge in [-0.15, -0.1) is 4.83 Å². The molecule has 0 aliphatic heterocycles. The fraction of sp³-hybridized carbons (Fsp3) is 0.480. The number of aryl methyl sites for hydroxylation is 2. The summed E-state index contributed by atoms with van der Waals surface area (Å²) in [4.78, 5) is 15.9. The molecule has 5 nitrogen and oxygen atoms in total. The zero-order chi connectivity index (χ0) is 21.9. The van der Waals surface area contributed by atoms with Gasteiger partial charge in [-0.2, -0.15) is 0 Å². The molecule has 4 fully saturated rings. The lowest BCUT2D eigenvalue weighted by molar-refractivity contribution is -0.149. The minimum Gasteiger partial charge on any atom is -0.277 e. The summed E-state index contributed by atoms with van der Waals surface area (Å²) >= 11 is 0. The van der Waals surface area contributed by atoms with E-state index in [0.29, 0.717) is 11.8 Å². The Morgan fingerprint density at radius 3 is 2.00 bits per heavy atom. The van der Waals surface area contributed by atoms with Crippen LogP contribution in [0, 0.1) is 31.1 Å². The Kier molecular flexibility index (Phi) is 4.79. The first-order chi connectivity index (χ1) is 14.7. The van der Waals surface area contributed by atoms with Gasteiger partial charge in [0.05, 0.1) is 10.3 Å². The fourth-order valence-electron chi connectivity index (χ4n) is 6.80. The van der Waals surface area contributed by atoms with E-state index in [1.807, 2.05) is 6.92 Å². The number of carbonyl (C=O) groups is 1. The minimum absolute atomic E-state index is 0.0327. The Balaban J connectivity index is 1.37. The van der Waals surface area contributed by atoms with Crippen molar-refractivity contribution in [2.75, 3.05) is 0 Å². The topological polar surface area (TPSA) is 75.3 Å². The number of rotatable bonds is 5. The molecule has 2 N–H and O–H groups in total. The van der Waals surface area contributed by atoms with Crippen molar-refractivity contribution in [1.29, 1.82) is 0 Å². The molecule has 2 atom stereocenters. The van der Waals surface area contributed by atoms with Crippen molar-refractivity contribution in [2.45, 2.75) is 62.7 Å². The van der Waals surface area contributed by atoms with Gasteiger partial charge in [0.25, 0.3) is 10.0 Å². The van der Waals surface area contributed by atoms with Crippen LogP contribution >= 0.6 is 0 Å². The van der Waals surface area contributed by atoms with E-state index in [1.54, 1.807) is 24.3 Å². The summed E-state index contributed by atoms with van der Waals surface area (Å²) in [6.45, 7) is 4.00. The molecule has 0 unspecified atom stereocenters. The van der Waals surface area contributed by atoms with Gasteiger partial charge in [-0.3, -0.25) is 10.2 Å². The zero-order valence-electron chi connectivity index (χ0n) is 18.1. The van der Waals surface area contributed by atoms with Crippen molar-refractivity contribution in [1.82, 2.24) is 10.3 Å². The predicted molar refractivity (Wildman–Crippen MR) is 120 cm³/mol. The summed E-state index contributed by atoms with van der Waals surface area (Å²) in [6.07, 6.45) is 5.98. The molecule has 0 saturated heterocycles. The number of amides is 1. The van der Waals surface area contributed by atoms with Gasteiger partial charge in [-0.05, 0) is 87.3 Å². The van der Waals surface area contributed by atoms with Crippen LogP contribution in [0.1, 0.15) is 55.2 Å². The van der Waals surface area contributed by atoms with E-state index in [0.717, 1.165) is 37.7 Å². The number of hydrogen-bond donors (Lipinski definition) is 2. The number of hydrogen-bond acceptors (Lipinski definition) is 3. The summed E-state index contributed by atoms with van der Waals surface area (Å²) in [5, 5.41) is 0. The highest BCUT2D eigenvalue weighted by atomic mass is 32.2. The van der Waals surface area contributed by atoms with E-state index < -0.39 is 15.4 Å². The highest BCUT2D eigenvalue weighted by Crippen LogP contribution is 2.65. The summed E-state index contributed by atoms with van der Waals surface area (Å²) in [5.41, 5.74) is 5.70. The highest BCUT2D eigenvalue weighted by Gasteiger charge is 2.61. The predicted octanol–water partition coefficient (Wildman–Crippen LogP) is 4.15. The molecule has 0 spiro atoms. The van der Waals surface area contributed by atoms with Gasteiger partial charge >= 0.3 is 0 Å². The first kappa shape index (κ1) is 20.7. The molecule has 1 amide bonds. The number of nitrogens with one attached hydrogen (secondary N) is 2. The van der Waals surface area contributed by atoms with Crippen molar-refractivity contribution >= 4 is 15.9 Å². The average Bonchev–Trinajstić information content (AvgIpc) is 2.72. The zero-order valence-corrected chi connectivity index (χ0v) is 19.0. The second kappa shape index (κ2) is 7.17. The molecule has 4 saturated carbocycles. The van der Waals surface area contributed by atoms with Gasteiger partial charge in [-0.25, -0.2) is 8.42 Å². The van der Waals surface area contributed by atoms with Crippen molar-refractivity contribution in [3.63, 3.8) is 0 Å². The van der Waals surface area contributed by atoms with Crippen LogP contribution in [0.4, 0.5) is 0 Å². The van der Waals surface area contributed by atoms with E-state index in [2.05, 4.69) is 41.4 Å². The molecule has 6 heteroatoms. The SMILES string of the molecule is Cc1ccc(C23C[C@H]4C[C@@H](CC(C(=O)NNS(=O)(=O)c5ccc(C)cc5)(C4)C2)C3)cc1. The van der Waals surface area contributed by atoms with Gasteiger partial charge < -0.3 is 0 Å². The van der Waals surface area contributed by atoms with Crippen LogP contribution in [0.25, 0.3) is 0 Å². The molecule has 6 rings (SSSR count). The molecule has 4 aliphatic carbocycles. The lowest BCUT2D eigenvalue weighted by atomic mass is 9.42. The third-order valence-electron chi connectivity index (χ3n) is 7.84. The molecular formula is C25H30N2O3S. The maximum absolute atomic E-state index is 13.4. The van der Waals surface area contributed by atoms with Gasteiger partial charge in [0, 0.05) is 0 Å². The monoisotopic (exact) mass is 438 g/mol. The van der Waals surface area contributed by atoms with Crippen LogP contribution in [0.3, 0.4) is 0 Å². The second-order valence-corrected chi connectivity index (χ2v) is 11.9.